The summed E-state index contributed by atoms with van der Waals surface area (Å²) in [5.74, 6) is 0.436. The number of carbonyl (C=O) groups excluding carboxylic acids is 1. The van der Waals surface area contributed by atoms with Gasteiger partial charge in [-0.15, -0.1) is 0 Å². The molecule has 9 nitrogen and oxygen atoms in total. The molecule has 1 amide bonds. The van der Waals surface area contributed by atoms with Crippen LogP contribution in [-0.4, -0.2) is 42.2 Å². The lowest BCUT2D eigenvalue weighted by atomic mass is 9.81. The molecule has 1 aliphatic rings. The van der Waals surface area contributed by atoms with Gasteiger partial charge in [0.15, 0.2) is 11.6 Å². The molecule has 236 valence electrons. The number of aliphatic imine (C=N–C) groups is 1. The van der Waals surface area contributed by atoms with Crippen molar-refractivity contribution in [2.75, 3.05) is 19.8 Å². The van der Waals surface area contributed by atoms with Crippen molar-refractivity contribution in [3.8, 4) is 5.75 Å². The van der Waals surface area contributed by atoms with Gasteiger partial charge in [-0.25, -0.2) is 4.99 Å². The summed E-state index contributed by atoms with van der Waals surface area (Å²) < 4.78 is 12.2. The largest absolute Gasteiger partial charge is 0.494 e. The van der Waals surface area contributed by atoms with Gasteiger partial charge in [-0.1, -0.05) is 82.4 Å². The zero-order valence-electron chi connectivity index (χ0n) is 24.6. The number of aliphatic hydroxyl groups excluding tert-OH is 1. The first-order valence-corrected chi connectivity index (χ1v) is 15.7. The van der Waals surface area contributed by atoms with E-state index < -0.39 is 17.6 Å². The Morgan fingerprint density at radius 1 is 1.02 bits per heavy atom. The second-order valence-electron chi connectivity index (χ2n) is 10.6. The molecule has 0 saturated carbocycles. The van der Waals surface area contributed by atoms with E-state index in [-0.39, 0.29) is 18.9 Å². The molecule has 5 rings (SSSR count). The molecule has 0 aliphatic carbocycles. The zero-order valence-corrected chi connectivity index (χ0v) is 26.8. The Bertz CT molecular complexity index is 1780. The van der Waals surface area contributed by atoms with Crippen LogP contribution in [0.15, 0.2) is 101 Å². The SMILES string of the molecule is [N-]=[N+]=Nc1ccccc1C[C@@]1(C(=O)NCCc2cccc(Cl)c2)N=C(c2ccc(OCCCO)cc2)O[C@@H]1c1ccc(Cl)cc1Cl. The molecule has 0 spiro atoms. The number of hydrogen-bond donors (Lipinski definition) is 2. The highest BCUT2D eigenvalue weighted by Gasteiger charge is 2.54. The van der Waals surface area contributed by atoms with Gasteiger partial charge in [-0.3, -0.25) is 4.79 Å². The standard InChI is InChI=1S/C34H30Cl3N5O4/c35-25-7-3-5-22(19-25)15-16-39-33(44)34(21-24-6-1-2-8-30(24)41-42-38)31(28-14-11-26(36)20-29(28)37)46-32(40-34)23-9-12-27(13-10-23)45-18-4-17-43/h1-3,5-14,19-20,31,43H,4,15-18,21H2,(H,39,44)/t31-,34-/m1/s1. The van der Waals surface area contributed by atoms with Crippen molar-refractivity contribution in [3.05, 3.63) is 139 Å². The molecular weight excluding hydrogens is 649 g/mol. The van der Waals surface area contributed by atoms with Crippen molar-refractivity contribution in [1.29, 1.82) is 0 Å². The summed E-state index contributed by atoms with van der Waals surface area (Å²) in [7, 11) is 0. The molecule has 4 aromatic carbocycles. The lowest BCUT2D eigenvalue weighted by molar-refractivity contribution is -0.128. The van der Waals surface area contributed by atoms with Gasteiger partial charge < -0.3 is 19.9 Å². The van der Waals surface area contributed by atoms with Crippen molar-refractivity contribution in [1.82, 2.24) is 5.32 Å². The van der Waals surface area contributed by atoms with Crippen LogP contribution in [0.4, 0.5) is 5.69 Å². The minimum atomic E-state index is -1.57. The number of nitrogens with zero attached hydrogens (tertiary/aromatic N) is 4. The number of amides is 1. The molecule has 0 aromatic heterocycles. The van der Waals surface area contributed by atoms with E-state index >= 15 is 0 Å². The highest BCUT2D eigenvalue weighted by molar-refractivity contribution is 6.35. The van der Waals surface area contributed by atoms with Crippen molar-refractivity contribution >= 4 is 52.3 Å². The van der Waals surface area contributed by atoms with E-state index in [1.165, 1.54) is 0 Å². The predicted octanol–water partition coefficient (Wildman–Crippen LogP) is 8.21. The number of nitrogens with one attached hydrogen (secondary N) is 1. The van der Waals surface area contributed by atoms with Gasteiger partial charge in [0.1, 0.15) is 5.75 Å². The molecule has 0 bridgehead atoms. The first-order valence-electron chi connectivity index (χ1n) is 14.5. The van der Waals surface area contributed by atoms with Crippen LogP contribution in [0.5, 0.6) is 5.75 Å². The molecule has 1 aliphatic heterocycles. The van der Waals surface area contributed by atoms with E-state index in [4.69, 9.17) is 54.4 Å². The zero-order chi connectivity index (χ0) is 32.5. The summed E-state index contributed by atoms with van der Waals surface area (Å²) in [5.41, 5.74) is 10.7. The lowest BCUT2D eigenvalue weighted by Crippen LogP contribution is -2.50. The van der Waals surface area contributed by atoms with Gasteiger partial charge >= 0.3 is 0 Å². The molecule has 2 atom stereocenters. The number of benzene rings is 4. The number of azide groups is 1. The summed E-state index contributed by atoms with van der Waals surface area (Å²) in [4.78, 5) is 22.5. The maximum absolute atomic E-state index is 14.5. The summed E-state index contributed by atoms with van der Waals surface area (Å²) in [6.45, 7) is 0.696. The van der Waals surface area contributed by atoms with Gasteiger partial charge in [0, 0.05) is 62.8 Å². The van der Waals surface area contributed by atoms with Crippen LogP contribution in [-0.2, 0) is 22.4 Å². The Kier molecular flexibility index (Phi) is 11.1. The van der Waals surface area contributed by atoms with Crippen LogP contribution in [0, 0.1) is 0 Å². The van der Waals surface area contributed by atoms with E-state index in [0.717, 1.165) is 5.56 Å². The number of aliphatic hydroxyl groups is 1. The fourth-order valence-corrected chi connectivity index (χ4v) is 5.96. The number of hydrogen-bond acceptors (Lipinski definition) is 6. The average molecular weight is 679 g/mol. The highest BCUT2D eigenvalue weighted by Crippen LogP contribution is 2.46. The monoisotopic (exact) mass is 677 g/mol. The number of rotatable bonds is 13. The summed E-state index contributed by atoms with van der Waals surface area (Å²) in [5, 5.41) is 17.3. The van der Waals surface area contributed by atoms with Crippen LogP contribution in [0.3, 0.4) is 0 Å². The fraction of sp³-hybridized carbons (Fsp3) is 0.235. The maximum atomic E-state index is 14.5. The van der Waals surface area contributed by atoms with Gasteiger partial charge in [0.2, 0.25) is 5.90 Å². The van der Waals surface area contributed by atoms with E-state index in [9.17, 15) is 10.3 Å². The molecule has 0 unspecified atom stereocenters. The van der Waals surface area contributed by atoms with Crippen molar-refractivity contribution in [2.45, 2.75) is 30.9 Å². The predicted molar refractivity (Wildman–Crippen MR) is 180 cm³/mol. The quantitative estimate of drug-likeness (QED) is 0.0639. The second kappa shape index (κ2) is 15.4. The normalized spacial score (nSPS) is 17.0. The third-order valence-electron chi connectivity index (χ3n) is 7.47. The fourth-order valence-electron chi connectivity index (χ4n) is 5.24. The Morgan fingerprint density at radius 2 is 1.80 bits per heavy atom. The first-order chi connectivity index (χ1) is 22.3. The summed E-state index contributed by atoms with van der Waals surface area (Å²) in [6.07, 6.45) is 0.0887. The van der Waals surface area contributed by atoms with Crippen molar-refractivity contribution in [2.24, 2.45) is 10.1 Å². The van der Waals surface area contributed by atoms with E-state index in [1.807, 2.05) is 18.2 Å². The first kappa shape index (κ1) is 33.1. The molecule has 0 radical (unpaired) electrons. The minimum absolute atomic E-state index is 0.0284. The van der Waals surface area contributed by atoms with Crippen LogP contribution >= 0.6 is 34.8 Å². The highest BCUT2D eigenvalue weighted by atomic mass is 35.5. The van der Waals surface area contributed by atoms with Crippen LogP contribution in [0.25, 0.3) is 10.4 Å². The minimum Gasteiger partial charge on any atom is -0.494 e. The van der Waals surface area contributed by atoms with E-state index in [0.29, 0.717) is 69.2 Å². The molecule has 12 heteroatoms. The van der Waals surface area contributed by atoms with Crippen LogP contribution in [0.2, 0.25) is 15.1 Å². The third kappa shape index (κ3) is 7.76. The van der Waals surface area contributed by atoms with Gasteiger partial charge in [0.05, 0.1) is 6.61 Å². The molecule has 0 saturated heterocycles. The summed E-state index contributed by atoms with van der Waals surface area (Å²) in [6, 6.07) is 26.6. The third-order valence-corrected chi connectivity index (χ3v) is 8.26. The lowest BCUT2D eigenvalue weighted by Gasteiger charge is -2.31. The van der Waals surface area contributed by atoms with E-state index in [2.05, 4.69) is 15.3 Å². The van der Waals surface area contributed by atoms with Gasteiger partial charge in [-0.05, 0) is 71.6 Å². The Morgan fingerprint density at radius 3 is 2.54 bits per heavy atom. The second-order valence-corrected chi connectivity index (χ2v) is 11.9. The van der Waals surface area contributed by atoms with Crippen molar-refractivity contribution in [3.63, 3.8) is 0 Å². The molecule has 46 heavy (non-hydrogen) atoms. The average Bonchev–Trinajstić information content (AvgIpc) is 3.42. The Hall–Kier alpha value is -4.24. The Balaban J connectivity index is 1.58. The molecule has 2 N–H and O–H groups in total. The summed E-state index contributed by atoms with van der Waals surface area (Å²) >= 11 is 19.2. The maximum Gasteiger partial charge on any atom is 0.252 e. The smallest absolute Gasteiger partial charge is 0.252 e. The number of halogens is 3. The number of ether oxygens (including phenoxy) is 2. The Labute approximate surface area is 281 Å². The van der Waals surface area contributed by atoms with E-state index in [1.54, 1.807) is 72.8 Å². The molecule has 0 fully saturated rings. The van der Waals surface area contributed by atoms with Gasteiger partial charge in [0.25, 0.3) is 5.91 Å². The molecular formula is C34H30Cl3N5O4. The molecule has 4 aromatic rings. The number of carbonyl (C=O) groups is 1. The van der Waals surface area contributed by atoms with Crippen LogP contribution < -0.4 is 10.1 Å². The van der Waals surface area contributed by atoms with Crippen LogP contribution in [0.1, 0.15) is 34.8 Å². The topological polar surface area (TPSA) is 129 Å². The van der Waals surface area contributed by atoms with Gasteiger partial charge in [-0.2, -0.15) is 0 Å². The van der Waals surface area contributed by atoms with Crippen molar-refractivity contribution < 1.29 is 19.4 Å². The molecule has 1 heterocycles.